The Morgan fingerprint density at radius 1 is 1.27 bits per heavy atom. The molecule has 0 unspecified atom stereocenters. The highest BCUT2D eigenvalue weighted by molar-refractivity contribution is 5.66. The van der Waals surface area contributed by atoms with Crippen LogP contribution in [0.25, 0.3) is 0 Å². The van der Waals surface area contributed by atoms with Crippen LogP contribution in [-0.4, -0.2) is 12.1 Å². The molecule has 0 aromatic carbocycles. The van der Waals surface area contributed by atoms with Gasteiger partial charge in [-0.3, -0.25) is 4.79 Å². The number of esters is 1. The van der Waals surface area contributed by atoms with Crippen molar-refractivity contribution in [1.82, 2.24) is 0 Å². The number of rotatable bonds is 1. The van der Waals surface area contributed by atoms with Crippen LogP contribution in [0.5, 0.6) is 0 Å². The lowest BCUT2D eigenvalue weighted by Crippen LogP contribution is -2.22. The standard InChI is InChI=1S/C13H16O2/c1-10(14)15-13-8-4-6-11-5-2-3-7-12(13)9-11/h2-5,7-8,11-13H,6,9H2,1H3/t11-,12-,13+/m1/s1. The highest BCUT2D eigenvalue weighted by Gasteiger charge is 2.25. The Kier molecular flexibility index (Phi) is 3.05. The molecule has 3 atom stereocenters. The molecule has 80 valence electrons. The molecular formula is C13H16O2. The molecule has 0 aromatic rings. The summed E-state index contributed by atoms with van der Waals surface area (Å²) in [5, 5.41) is 0. The van der Waals surface area contributed by atoms with Gasteiger partial charge in [0.15, 0.2) is 0 Å². The summed E-state index contributed by atoms with van der Waals surface area (Å²) < 4.78 is 5.31. The lowest BCUT2D eigenvalue weighted by atomic mass is 9.92. The van der Waals surface area contributed by atoms with E-state index in [0.29, 0.717) is 11.8 Å². The van der Waals surface area contributed by atoms with Crippen LogP contribution in [0.4, 0.5) is 0 Å². The van der Waals surface area contributed by atoms with E-state index in [4.69, 9.17) is 4.74 Å². The summed E-state index contributed by atoms with van der Waals surface area (Å²) in [6.07, 6.45) is 14.7. The number of hydrogen-bond acceptors (Lipinski definition) is 2. The van der Waals surface area contributed by atoms with Crippen LogP contribution < -0.4 is 0 Å². The van der Waals surface area contributed by atoms with Crippen molar-refractivity contribution in [2.45, 2.75) is 25.9 Å². The van der Waals surface area contributed by atoms with E-state index in [0.717, 1.165) is 12.8 Å². The first-order valence-corrected chi connectivity index (χ1v) is 5.44. The molecule has 2 aliphatic rings. The average Bonchev–Trinajstić information content (AvgIpc) is 2.50. The average molecular weight is 204 g/mol. The van der Waals surface area contributed by atoms with Crippen LogP contribution in [0.15, 0.2) is 36.5 Å². The largest absolute Gasteiger partial charge is 0.458 e. The highest BCUT2D eigenvalue weighted by Crippen LogP contribution is 2.29. The predicted octanol–water partition coefficient (Wildman–Crippen LogP) is 2.63. The number of fused-ring (bicyclic) bond motifs is 2. The lowest BCUT2D eigenvalue weighted by Gasteiger charge is -2.21. The minimum Gasteiger partial charge on any atom is -0.458 e. The summed E-state index contributed by atoms with van der Waals surface area (Å²) in [6, 6.07) is 0. The zero-order valence-corrected chi connectivity index (χ0v) is 8.93. The molecule has 0 aliphatic heterocycles. The minimum absolute atomic E-state index is 0.0800. The van der Waals surface area contributed by atoms with Crippen molar-refractivity contribution in [3.05, 3.63) is 36.5 Å². The van der Waals surface area contributed by atoms with Gasteiger partial charge in [-0.15, -0.1) is 0 Å². The molecule has 0 fully saturated rings. The maximum atomic E-state index is 11.0. The van der Waals surface area contributed by atoms with Gasteiger partial charge >= 0.3 is 5.97 Å². The van der Waals surface area contributed by atoms with Crippen molar-refractivity contribution in [1.29, 1.82) is 0 Å². The van der Waals surface area contributed by atoms with E-state index < -0.39 is 0 Å². The fourth-order valence-electron chi connectivity index (χ4n) is 2.20. The molecule has 2 rings (SSSR count). The van der Waals surface area contributed by atoms with Crippen LogP contribution in [0.1, 0.15) is 19.8 Å². The Bertz CT molecular complexity index is 325. The molecule has 2 aliphatic carbocycles. The normalized spacial score (nSPS) is 33.3. The number of carbonyl (C=O) groups excluding carboxylic acids is 1. The molecule has 2 bridgehead atoms. The predicted molar refractivity (Wildman–Crippen MR) is 59.2 cm³/mol. The van der Waals surface area contributed by atoms with Crippen LogP contribution >= 0.6 is 0 Å². The van der Waals surface area contributed by atoms with Gasteiger partial charge in [0.2, 0.25) is 0 Å². The van der Waals surface area contributed by atoms with Gasteiger partial charge in [0.05, 0.1) is 0 Å². The summed E-state index contributed by atoms with van der Waals surface area (Å²) in [5.41, 5.74) is 0. The van der Waals surface area contributed by atoms with E-state index in [9.17, 15) is 4.79 Å². The molecule has 2 nitrogen and oxygen atoms in total. The monoisotopic (exact) mass is 204 g/mol. The van der Waals surface area contributed by atoms with Crippen molar-refractivity contribution in [2.24, 2.45) is 11.8 Å². The Balaban J connectivity index is 2.15. The van der Waals surface area contributed by atoms with Crippen LogP contribution in [0.3, 0.4) is 0 Å². The van der Waals surface area contributed by atoms with Crippen molar-refractivity contribution >= 4 is 5.97 Å². The summed E-state index contributed by atoms with van der Waals surface area (Å²) in [7, 11) is 0. The number of allylic oxidation sites excluding steroid dienone is 4. The molecule has 0 N–H and O–H groups in total. The molecular weight excluding hydrogens is 188 g/mol. The second kappa shape index (κ2) is 4.47. The maximum Gasteiger partial charge on any atom is 0.303 e. The Morgan fingerprint density at radius 2 is 2.07 bits per heavy atom. The third-order valence-corrected chi connectivity index (χ3v) is 2.92. The summed E-state index contributed by atoms with van der Waals surface area (Å²) >= 11 is 0. The van der Waals surface area contributed by atoms with Crippen LogP contribution in [0.2, 0.25) is 0 Å². The molecule has 0 heterocycles. The third-order valence-electron chi connectivity index (χ3n) is 2.92. The summed E-state index contributed by atoms with van der Waals surface area (Å²) in [4.78, 5) is 11.0. The Labute approximate surface area is 90.3 Å². The molecule has 0 spiro atoms. The zero-order chi connectivity index (χ0) is 10.7. The van der Waals surface area contributed by atoms with E-state index in [2.05, 4.69) is 30.4 Å². The first kappa shape index (κ1) is 10.2. The minimum atomic E-state index is -0.200. The van der Waals surface area contributed by atoms with Crippen LogP contribution in [-0.2, 0) is 9.53 Å². The molecule has 2 heteroatoms. The van der Waals surface area contributed by atoms with Gasteiger partial charge in [0, 0.05) is 12.8 Å². The van der Waals surface area contributed by atoms with Gasteiger partial charge < -0.3 is 4.74 Å². The molecule has 0 amide bonds. The molecule has 0 aromatic heterocycles. The van der Waals surface area contributed by atoms with Crippen molar-refractivity contribution in [2.75, 3.05) is 0 Å². The number of ether oxygens (including phenoxy) is 1. The number of hydrogen-bond donors (Lipinski definition) is 0. The molecule has 15 heavy (non-hydrogen) atoms. The first-order chi connectivity index (χ1) is 7.25. The van der Waals surface area contributed by atoms with Gasteiger partial charge in [-0.2, -0.15) is 0 Å². The molecule has 0 radical (unpaired) electrons. The van der Waals surface area contributed by atoms with Crippen LogP contribution in [0, 0.1) is 11.8 Å². The van der Waals surface area contributed by atoms with E-state index in [1.807, 2.05) is 6.08 Å². The van der Waals surface area contributed by atoms with E-state index >= 15 is 0 Å². The van der Waals surface area contributed by atoms with E-state index in [-0.39, 0.29) is 12.1 Å². The van der Waals surface area contributed by atoms with Crippen molar-refractivity contribution in [3.63, 3.8) is 0 Å². The van der Waals surface area contributed by atoms with Gasteiger partial charge in [-0.05, 0) is 24.8 Å². The van der Waals surface area contributed by atoms with Gasteiger partial charge in [0.1, 0.15) is 6.10 Å². The second-order valence-corrected chi connectivity index (χ2v) is 4.17. The maximum absolute atomic E-state index is 11.0. The quantitative estimate of drug-likeness (QED) is 0.485. The summed E-state index contributed by atoms with van der Waals surface area (Å²) in [5.74, 6) is 0.711. The second-order valence-electron chi connectivity index (χ2n) is 4.17. The summed E-state index contributed by atoms with van der Waals surface area (Å²) in [6.45, 7) is 1.47. The van der Waals surface area contributed by atoms with Gasteiger partial charge in [-0.25, -0.2) is 0 Å². The highest BCUT2D eigenvalue weighted by atomic mass is 16.5. The zero-order valence-electron chi connectivity index (χ0n) is 8.93. The molecule has 0 saturated heterocycles. The fourth-order valence-corrected chi connectivity index (χ4v) is 2.20. The Morgan fingerprint density at radius 3 is 2.87 bits per heavy atom. The van der Waals surface area contributed by atoms with Crippen molar-refractivity contribution < 1.29 is 9.53 Å². The Hall–Kier alpha value is -1.31. The smallest absolute Gasteiger partial charge is 0.303 e. The number of carbonyl (C=O) groups is 1. The first-order valence-electron chi connectivity index (χ1n) is 5.44. The van der Waals surface area contributed by atoms with E-state index in [1.165, 1.54) is 6.92 Å². The molecule has 0 saturated carbocycles. The van der Waals surface area contributed by atoms with Gasteiger partial charge in [0.25, 0.3) is 0 Å². The topological polar surface area (TPSA) is 26.3 Å². The van der Waals surface area contributed by atoms with Gasteiger partial charge in [-0.1, -0.05) is 30.4 Å². The SMILES string of the molecule is CC(=O)O[C@H]1C=CC[C@H]2C=CC=C[C@@H]1C2. The third kappa shape index (κ3) is 2.58. The lowest BCUT2D eigenvalue weighted by molar-refractivity contribution is -0.145. The van der Waals surface area contributed by atoms with E-state index in [1.54, 1.807) is 0 Å². The fraction of sp³-hybridized carbons (Fsp3) is 0.462. The van der Waals surface area contributed by atoms with Crippen molar-refractivity contribution in [3.8, 4) is 0 Å².